The third kappa shape index (κ3) is 1.95. The maximum absolute atomic E-state index is 3.60. The molecule has 0 bridgehead atoms. The number of fused-ring (bicyclic) bond motifs is 1. The number of rotatable bonds is 1. The molecule has 19 heavy (non-hydrogen) atoms. The van der Waals surface area contributed by atoms with Gasteiger partial charge in [0.15, 0.2) is 0 Å². The number of hydrogen-bond donors (Lipinski definition) is 1. The topological polar surface area (TPSA) is 15.8 Å². The fourth-order valence-electron chi connectivity index (χ4n) is 2.79. The highest BCUT2D eigenvalue weighted by atomic mass is 14.7. The van der Waals surface area contributed by atoms with Crippen LogP contribution in [0.1, 0.15) is 22.3 Å². The van der Waals surface area contributed by atoms with Gasteiger partial charge in [-0.3, -0.25) is 0 Å². The zero-order valence-corrected chi connectivity index (χ0v) is 12.0. The molecule has 1 nitrogen and oxygen atoms in total. The molecule has 0 amide bonds. The predicted octanol–water partition coefficient (Wildman–Crippen LogP) is 5.07. The van der Waals surface area contributed by atoms with Crippen molar-refractivity contribution in [1.29, 1.82) is 0 Å². The number of aryl methyl sites for hydroxylation is 4. The average Bonchev–Trinajstić information content (AvgIpc) is 2.69. The van der Waals surface area contributed by atoms with Gasteiger partial charge in [-0.15, -0.1) is 0 Å². The summed E-state index contributed by atoms with van der Waals surface area (Å²) in [6.07, 6.45) is 0. The molecule has 0 aliphatic rings. The van der Waals surface area contributed by atoms with Crippen LogP contribution in [-0.4, -0.2) is 4.98 Å². The van der Waals surface area contributed by atoms with Gasteiger partial charge in [0.05, 0.1) is 0 Å². The summed E-state index contributed by atoms with van der Waals surface area (Å²) in [6, 6.07) is 13.2. The first-order valence-electron chi connectivity index (χ1n) is 6.73. The average molecular weight is 249 g/mol. The second-order valence-electron chi connectivity index (χ2n) is 5.50. The molecule has 1 aromatic heterocycles. The van der Waals surface area contributed by atoms with Crippen molar-refractivity contribution in [2.24, 2.45) is 0 Å². The molecule has 3 aromatic rings. The number of hydrogen-bond acceptors (Lipinski definition) is 0. The molecule has 0 atom stereocenters. The Morgan fingerprint density at radius 1 is 0.789 bits per heavy atom. The van der Waals surface area contributed by atoms with Gasteiger partial charge in [0.1, 0.15) is 0 Å². The van der Waals surface area contributed by atoms with Crippen LogP contribution in [0.25, 0.3) is 22.2 Å². The molecule has 0 spiro atoms. The standard InChI is InChI=1S/C18H19N/c1-11-5-7-15(8-6-11)18-14(4)16-10-12(2)9-13(3)17(16)19-18/h5-10,19H,1-4H3. The molecular formula is C18H19N. The van der Waals surface area contributed by atoms with Crippen LogP contribution in [0, 0.1) is 27.7 Å². The van der Waals surface area contributed by atoms with Crippen molar-refractivity contribution in [1.82, 2.24) is 4.98 Å². The molecular weight excluding hydrogens is 230 g/mol. The Labute approximate surface area is 114 Å². The second-order valence-corrected chi connectivity index (χ2v) is 5.50. The van der Waals surface area contributed by atoms with Crippen LogP contribution in [0.4, 0.5) is 0 Å². The van der Waals surface area contributed by atoms with Gasteiger partial charge in [-0.2, -0.15) is 0 Å². The largest absolute Gasteiger partial charge is 0.354 e. The van der Waals surface area contributed by atoms with Crippen LogP contribution < -0.4 is 0 Å². The van der Waals surface area contributed by atoms with Gasteiger partial charge < -0.3 is 4.98 Å². The molecule has 3 rings (SSSR count). The predicted molar refractivity (Wildman–Crippen MR) is 82.7 cm³/mol. The number of aromatic nitrogens is 1. The lowest BCUT2D eigenvalue weighted by molar-refractivity contribution is 1.36. The Bertz CT molecular complexity index is 745. The van der Waals surface area contributed by atoms with E-state index in [1.807, 2.05) is 0 Å². The molecule has 1 heteroatoms. The van der Waals surface area contributed by atoms with E-state index < -0.39 is 0 Å². The first kappa shape index (κ1) is 12.0. The first-order valence-corrected chi connectivity index (χ1v) is 6.73. The number of H-pyrrole nitrogens is 1. The van der Waals surface area contributed by atoms with Crippen molar-refractivity contribution in [3.05, 3.63) is 58.7 Å². The minimum absolute atomic E-state index is 1.24. The third-order valence-corrected chi connectivity index (χ3v) is 3.85. The molecule has 96 valence electrons. The van der Waals surface area contributed by atoms with E-state index >= 15 is 0 Å². The van der Waals surface area contributed by atoms with Crippen LogP contribution in [0.2, 0.25) is 0 Å². The second kappa shape index (κ2) is 4.27. The summed E-state index contributed by atoms with van der Waals surface area (Å²) in [5.74, 6) is 0. The number of nitrogens with one attached hydrogen (secondary N) is 1. The molecule has 0 radical (unpaired) electrons. The van der Waals surface area contributed by atoms with Crippen LogP contribution in [0.15, 0.2) is 36.4 Å². The van der Waals surface area contributed by atoms with Crippen molar-refractivity contribution in [3.63, 3.8) is 0 Å². The molecule has 0 saturated heterocycles. The Morgan fingerprint density at radius 3 is 2.16 bits per heavy atom. The molecule has 0 aliphatic carbocycles. The molecule has 0 unspecified atom stereocenters. The van der Waals surface area contributed by atoms with Crippen molar-refractivity contribution in [2.75, 3.05) is 0 Å². The van der Waals surface area contributed by atoms with Gasteiger partial charge in [-0.25, -0.2) is 0 Å². The van der Waals surface area contributed by atoms with Crippen LogP contribution in [-0.2, 0) is 0 Å². The lowest BCUT2D eigenvalue weighted by Crippen LogP contribution is -1.81. The monoisotopic (exact) mass is 249 g/mol. The maximum atomic E-state index is 3.60. The summed E-state index contributed by atoms with van der Waals surface area (Å²) in [6.45, 7) is 8.65. The minimum atomic E-state index is 1.24. The van der Waals surface area contributed by atoms with E-state index in [0.29, 0.717) is 0 Å². The molecule has 0 saturated carbocycles. The fraction of sp³-hybridized carbons (Fsp3) is 0.222. The summed E-state index contributed by atoms with van der Waals surface area (Å²) >= 11 is 0. The van der Waals surface area contributed by atoms with Crippen molar-refractivity contribution < 1.29 is 0 Å². The highest BCUT2D eigenvalue weighted by Crippen LogP contribution is 2.32. The normalized spacial score (nSPS) is 11.2. The van der Waals surface area contributed by atoms with Crippen molar-refractivity contribution in [2.45, 2.75) is 27.7 Å². The summed E-state index contributed by atoms with van der Waals surface area (Å²) in [5, 5.41) is 1.34. The SMILES string of the molecule is Cc1ccc(-c2[nH]c3c(C)cc(C)cc3c2C)cc1. The summed E-state index contributed by atoms with van der Waals surface area (Å²) < 4.78 is 0. The number of aromatic amines is 1. The van der Waals surface area contributed by atoms with E-state index in [1.54, 1.807) is 0 Å². The molecule has 0 fully saturated rings. The van der Waals surface area contributed by atoms with E-state index in [9.17, 15) is 0 Å². The van der Waals surface area contributed by atoms with Gasteiger partial charge >= 0.3 is 0 Å². The number of benzene rings is 2. The highest BCUT2D eigenvalue weighted by molar-refractivity contribution is 5.92. The molecule has 0 aliphatic heterocycles. The van der Waals surface area contributed by atoms with Crippen molar-refractivity contribution >= 4 is 10.9 Å². The Morgan fingerprint density at radius 2 is 1.47 bits per heavy atom. The van der Waals surface area contributed by atoms with Crippen LogP contribution in [0.3, 0.4) is 0 Å². The van der Waals surface area contributed by atoms with Gasteiger partial charge in [0.2, 0.25) is 0 Å². The van der Waals surface area contributed by atoms with E-state index in [-0.39, 0.29) is 0 Å². The van der Waals surface area contributed by atoms with E-state index in [0.717, 1.165) is 0 Å². The van der Waals surface area contributed by atoms with Crippen LogP contribution >= 0.6 is 0 Å². The Balaban J connectivity index is 2.28. The minimum Gasteiger partial charge on any atom is -0.354 e. The molecule has 1 heterocycles. The highest BCUT2D eigenvalue weighted by Gasteiger charge is 2.11. The Hall–Kier alpha value is -2.02. The van der Waals surface area contributed by atoms with Gasteiger partial charge in [0.25, 0.3) is 0 Å². The molecule has 1 N–H and O–H groups in total. The summed E-state index contributed by atoms with van der Waals surface area (Å²) in [4.78, 5) is 3.60. The smallest absolute Gasteiger partial charge is 0.0494 e. The summed E-state index contributed by atoms with van der Waals surface area (Å²) in [5.41, 5.74) is 9.04. The fourth-order valence-corrected chi connectivity index (χ4v) is 2.79. The van der Waals surface area contributed by atoms with Crippen molar-refractivity contribution in [3.8, 4) is 11.3 Å². The lowest BCUT2D eigenvalue weighted by Gasteiger charge is -2.01. The van der Waals surface area contributed by atoms with Gasteiger partial charge in [-0.1, -0.05) is 41.5 Å². The molecule has 2 aromatic carbocycles. The van der Waals surface area contributed by atoms with E-state index in [2.05, 4.69) is 69.1 Å². The maximum Gasteiger partial charge on any atom is 0.0494 e. The summed E-state index contributed by atoms with van der Waals surface area (Å²) in [7, 11) is 0. The van der Waals surface area contributed by atoms with Gasteiger partial charge in [0, 0.05) is 16.6 Å². The van der Waals surface area contributed by atoms with Crippen LogP contribution in [0.5, 0.6) is 0 Å². The third-order valence-electron chi connectivity index (χ3n) is 3.85. The first-order chi connectivity index (χ1) is 9.06. The van der Waals surface area contributed by atoms with E-state index in [1.165, 1.54) is 44.4 Å². The lowest BCUT2D eigenvalue weighted by atomic mass is 10.0. The zero-order chi connectivity index (χ0) is 13.6. The zero-order valence-electron chi connectivity index (χ0n) is 12.0. The van der Waals surface area contributed by atoms with E-state index in [4.69, 9.17) is 0 Å². The Kier molecular flexibility index (Phi) is 2.70. The quantitative estimate of drug-likeness (QED) is 0.620. The van der Waals surface area contributed by atoms with Gasteiger partial charge in [-0.05, 0) is 50.5 Å².